The van der Waals surface area contributed by atoms with Gasteiger partial charge in [0.15, 0.2) is 9.84 Å². The zero-order valence-corrected chi connectivity index (χ0v) is 28.7. The van der Waals surface area contributed by atoms with Crippen LogP contribution in [0.5, 0.6) is 0 Å². The average Bonchev–Trinajstić information content (AvgIpc) is 2.98. The van der Waals surface area contributed by atoms with E-state index < -0.39 is 155 Å². The lowest BCUT2D eigenvalue weighted by Crippen LogP contribution is -2.70. The lowest BCUT2D eigenvalue weighted by molar-refractivity contribution is -0.439. The first kappa shape index (κ1) is 53.4. The molecule has 1 heterocycles. The molecule has 0 saturated carbocycles. The lowest BCUT2D eigenvalue weighted by Gasteiger charge is -2.40. The topological polar surface area (TPSA) is 107 Å². The maximum absolute atomic E-state index is 14.2. The number of hydrogen-bond acceptors (Lipinski definition) is 6. The minimum Gasteiger partial charge on any atom is -0.302 e. The molecule has 0 spiro atoms. The first-order valence-electron chi connectivity index (χ1n) is 13.5. The van der Waals surface area contributed by atoms with Crippen LogP contribution in [-0.2, 0) is 34.2 Å². The molecule has 0 aromatic carbocycles. The summed E-state index contributed by atoms with van der Waals surface area (Å²) >= 11 is 0. The summed E-state index contributed by atoms with van der Waals surface area (Å²) in [4.78, 5) is 9.25. The molecule has 1 fully saturated rings. The molecule has 36 heteroatoms. The molecule has 1 N–H and O–H groups in total. The van der Waals surface area contributed by atoms with E-state index in [1.165, 1.54) is 0 Å². The summed E-state index contributed by atoms with van der Waals surface area (Å²) < 4.78 is 404. The molecule has 1 unspecified atom stereocenters. The third-order valence-electron chi connectivity index (χ3n) is 7.43. The van der Waals surface area contributed by atoms with E-state index in [9.17, 15) is 136 Å². The summed E-state index contributed by atoms with van der Waals surface area (Å²) in [5.74, 6) is -88.9. The first-order valence-corrected chi connectivity index (χ1v) is 18.3. The van der Waals surface area contributed by atoms with Gasteiger partial charge >= 0.3 is 79.4 Å². The van der Waals surface area contributed by atoms with E-state index in [1.807, 2.05) is 0 Å². The third-order valence-corrected chi connectivity index (χ3v) is 11.8. The number of hydrogen-bond donors (Lipinski definition) is 1. The first-order chi connectivity index (χ1) is 24.4. The smallest absolute Gasteiger partial charge is 0.302 e. The van der Waals surface area contributed by atoms with Crippen molar-refractivity contribution >= 4 is 28.5 Å². The van der Waals surface area contributed by atoms with Gasteiger partial charge < -0.3 is 4.89 Å². The molecule has 0 amide bonds. The number of halogens is 26. The summed E-state index contributed by atoms with van der Waals surface area (Å²) in [5.41, 5.74) is -3.06. The Morgan fingerprint density at radius 2 is 0.825 bits per heavy atom. The number of phosphoric ester groups is 1. The highest BCUT2D eigenvalue weighted by molar-refractivity contribution is 7.91. The molecule has 1 aliphatic heterocycles. The van der Waals surface area contributed by atoms with Gasteiger partial charge in [0, 0.05) is 40.6 Å². The van der Waals surface area contributed by atoms with Gasteiger partial charge in [0.2, 0.25) is 0 Å². The van der Waals surface area contributed by atoms with Crippen molar-refractivity contribution in [3.63, 3.8) is 0 Å². The Morgan fingerprint density at radius 3 is 1.14 bits per heavy atom. The van der Waals surface area contributed by atoms with E-state index in [0.717, 1.165) is 0 Å². The van der Waals surface area contributed by atoms with Crippen molar-refractivity contribution in [2.45, 2.75) is 84.4 Å². The van der Waals surface area contributed by atoms with Crippen LogP contribution in [0, 0.1) is 5.41 Å². The Labute approximate surface area is 300 Å². The third kappa shape index (κ3) is 9.35. The van der Waals surface area contributed by atoms with E-state index >= 15 is 0 Å². The van der Waals surface area contributed by atoms with Crippen molar-refractivity contribution in [1.29, 1.82) is 0 Å². The van der Waals surface area contributed by atoms with Crippen molar-refractivity contribution in [2.75, 3.05) is 36.2 Å². The number of phosphoric acid groups is 1. The van der Waals surface area contributed by atoms with E-state index in [0.29, 0.717) is 0 Å². The van der Waals surface area contributed by atoms with Crippen molar-refractivity contribution in [3.8, 4) is 0 Å². The van der Waals surface area contributed by atoms with Crippen molar-refractivity contribution in [3.05, 3.63) is 0 Å². The van der Waals surface area contributed by atoms with Crippen LogP contribution in [0.25, 0.3) is 0 Å². The minimum absolute atomic E-state index is 1.79. The number of sulfone groups is 1. The number of alkyl halides is 26. The highest BCUT2D eigenvalue weighted by atomic mass is 32.2. The Kier molecular flexibility index (Phi) is 14.1. The van der Waals surface area contributed by atoms with Gasteiger partial charge in [-0.15, -0.1) is 0 Å². The Balaban J connectivity index is 3.41. The molecule has 0 aliphatic carbocycles. The fourth-order valence-electron chi connectivity index (χ4n) is 4.12. The summed E-state index contributed by atoms with van der Waals surface area (Å²) in [6.45, 7) is -3.59. The van der Waals surface area contributed by atoms with Crippen LogP contribution >= 0.6 is 7.82 Å². The molecule has 342 valence electrons. The zero-order chi connectivity index (χ0) is 46.1. The van der Waals surface area contributed by atoms with Crippen LogP contribution in [-0.4, -0.2) is 125 Å². The maximum Gasteiger partial charge on any atom is 0.472 e. The standard InChI is InChI=1S/C21H17F26O7PS2/c22-10(23,12(26,27)14(30,31)16(34,35)18(38,39)20(42,43)44)1-3-56(50)7-9(5-53-55(48,49)54-6-9)8-57(51,52)4-2-11(24,25)13(28,29)15(32,33)17(36,37)19(40,41)21(45,46)47/h1-8H2,(H,48,49). The van der Waals surface area contributed by atoms with Gasteiger partial charge in [0.1, 0.15) is 0 Å². The van der Waals surface area contributed by atoms with E-state index in [4.69, 9.17) is 0 Å². The fraction of sp³-hybridized carbons (Fsp3) is 1.00. The van der Waals surface area contributed by atoms with Gasteiger partial charge in [-0.25, -0.2) is 13.0 Å². The van der Waals surface area contributed by atoms with Gasteiger partial charge in [-0.05, 0) is 0 Å². The van der Waals surface area contributed by atoms with Gasteiger partial charge in [-0.2, -0.15) is 114 Å². The largest absolute Gasteiger partial charge is 0.472 e. The second-order valence-electron chi connectivity index (χ2n) is 11.9. The molecule has 0 radical (unpaired) electrons. The molecule has 1 aliphatic rings. The van der Waals surface area contributed by atoms with Crippen LogP contribution in [0.1, 0.15) is 12.8 Å². The minimum atomic E-state index is -8.40. The molecular formula is C21H17F26O7PS2. The summed E-state index contributed by atoms with van der Waals surface area (Å²) in [6, 6.07) is 0. The summed E-state index contributed by atoms with van der Waals surface area (Å²) in [7, 11) is -14.9. The van der Waals surface area contributed by atoms with Crippen LogP contribution < -0.4 is 0 Å². The fourth-order valence-corrected chi connectivity index (χ4v) is 8.69. The van der Waals surface area contributed by atoms with Crippen molar-refractivity contribution in [1.82, 2.24) is 0 Å². The van der Waals surface area contributed by atoms with Gasteiger partial charge in [0.05, 0.1) is 24.7 Å². The van der Waals surface area contributed by atoms with Crippen molar-refractivity contribution in [2.24, 2.45) is 5.41 Å². The normalized spacial score (nSPS) is 23.1. The van der Waals surface area contributed by atoms with Crippen LogP contribution in [0.15, 0.2) is 0 Å². The van der Waals surface area contributed by atoms with Crippen LogP contribution in [0.4, 0.5) is 114 Å². The molecule has 0 aromatic rings. The highest BCUT2D eigenvalue weighted by Gasteiger charge is 2.92. The molecule has 0 bridgehead atoms. The molecule has 1 rings (SSSR count). The Morgan fingerprint density at radius 1 is 0.526 bits per heavy atom. The van der Waals surface area contributed by atoms with Crippen LogP contribution in [0.3, 0.4) is 0 Å². The SMILES string of the molecule is O=S(CCC(F)(F)C(F)(F)C(F)(F)C(F)(F)C(F)(F)C(F)(F)F)CC1(CS(=O)(=O)CCC(F)(F)C(F)(F)C(F)(F)C(F)(F)C(F)(F)C(F)(F)F)COP(=O)(O)OC1. The second kappa shape index (κ2) is 15.1. The molecule has 1 saturated heterocycles. The summed E-state index contributed by atoms with van der Waals surface area (Å²) in [5, 5.41) is 0. The predicted molar refractivity (Wildman–Crippen MR) is 132 cm³/mol. The zero-order valence-electron chi connectivity index (χ0n) is 26.1. The molecule has 57 heavy (non-hydrogen) atoms. The van der Waals surface area contributed by atoms with E-state index in [-0.39, 0.29) is 0 Å². The molecule has 7 nitrogen and oxygen atoms in total. The molecule has 0 aromatic heterocycles. The quantitative estimate of drug-likeness (QED) is 0.109. The van der Waals surface area contributed by atoms with E-state index in [2.05, 4.69) is 9.05 Å². The van der Waals surface area contributed by atoms with Gasteiger partial charge in [-0.3, -0.25) is 13.3 Å². The van der Waals surface area contributed by atoms with E-state index in [1.54, 1.807) is 0 Å². The lowest BCUT2D eigenvalue weighted by atomic mass is 9.93. The number of rotatable bonds is 18. The Hall–Kier alpha value is -1.61. The van der Waals surface area contributed by atoms with Crippen LogP contribution in [0.2, 0.25) is 0 Å². The van der Waals surface area contributed by atoms with Gasteiger partial charge in [-0.1, -0.05) is 0 Å². The molecular weight excluding hydrogens is 953 g/mol. The average molecular weight is 970 g/mol. The maximum atomic E-state index is 14.2. The van der Waals surface area contributed by atoms with Gasteiger partial charge in [0.25, 0.3) is 0 Å². The second-order valence-corrected chi connectivity index (χ2v) is 17.1. The summed E-state index contributed by atoms with van der Waals surface area (Å²) in [6.07, 6.45) is -22.2. The molecule has 1 atom stereocenters. The predicted octanol–water partition coefficient (Wildman–Crippen LogP) is 8.54. The highest BCUT2D eigenvalue weighted by Crippen LogP contribution is 2.62. The monoisotopic (exact) mass is 970 g/mol. The van der Waals surface area contributed by atoms with Crippen molar-refractivity contribution < 1.29 is 145 Å². The Bertz CT molecular complexity index is 1630.